The molecule has 0 aliphatic heterocycles. The normalized spacial score (nSPS) is 12.5. The Balaban J connectivity index is 2.76. The van der Waals surface area contributed by atoms with Crippen molar-refractivity contribution in [1.29, 1.82) is 0 Å². The summed E-state index contributed by atoms with van der Waals surface area (Å²) in [5, 5.41) is 12.6. The van der Waals surface area contributed by atoms with Gasteiger partial charge in [-0.25, -0.2) is 0 Å². The van der Waals surface area contributed by atoms with E-state index >= 15 is 0 Å². The van der Waals surface area contributed by atoms with Crippen molar-refractivity contribution in [3.05, 3.63) is 29.6 Å². The molecule has 0 aromatic carbocycles. The number of carboxylic acids is 1. The van der Waals surface area contributed by atoms with E-state index in [1.807, 2.05) is 26.8 Å². The maximum atomic E-state index is 11.3. The van der Waals surface area contributed by atoms with Crippen LogP contribution in [0.1, 0.15) is 38.8 Å². The number of hydrogen-bond donors (Lipinski definition) is 2. The second-order valence-electron chi connectivity index (χ2n) is 5.78. The van der Waals surface area contributed by atoms with Gasteiger partial charge in [0.25, 0.3) is 0 Å². The van der Waals surface area contributed by atoms with Crippen molar-refractivity contribution < 1.29 is 9.90 Å². The zero-order valence-electron chi connectivity index (χ0n) is 11.7. The second-order valence-corrected chi connectivity index (χ2v) is 5.78. The molecule has 4 nitrogen and oxygen atoms in total. The summed E-state index contributed by atoms with van der Waals surface area (Å²) in [4.78, 5) is 15.4. The van der Waals surface area contributed by atoms with Gasteiger partial charge < -0.3 is 10.4 Å². The summed E-state index contributed by atoms with van der Waals surface area (Å²) in [7, 11) is 0. The molecule has 1 rings (SSSR count). The van der Waals surface area contributed by atoms with Crippen LogP contribution in [0.5, 0.6) is 0 Å². The van der Waals surface area contributed by atoms with E-state index in [4.69, 9.17) is 0 Å². The van der Waals surface area contributed by atoms with E-state index in [2.05, 4.69) is 10.3 Å². The minimum absolute atomic E-state index is 0.511. The number of aromatic nitrogens is 1. The van der Waals surface area contributed by atoms with Crippen molar-refractivity contribution in [2.75, 3.05) is 0 Å². The molecule has 0 saturated carbocycles. The lowest BCUT2D eigenvalue weighted by Crippen LogP contribution is -2.54. The van der Waals surface area contributed by atoms with E-state index in [-0.39, 0.29) is 0 Å². The van der Waals surface area contributed by atoms with E-state index in [0.717, 1.165) is 11.1 Å². The maximum absolute atomic E-state index is 11.3. The van der Waals surface area contributed by atoms with Crippen LogP contribution in [0.25, 0.3) is 0 Å². The molecule has 0 radical (unpaired) electrons. The fourth-order valence-electron chi connectivity index (χ4n) is 1.53. The van der Waals surface area contributed by atoms with E-state index in [1.54, 1.807) is 26.2 Å². The first kappa shape index (κ1) is 14.6. The smallest absolute Gasteiger partial charge is 0.310 e. The Morgan fingerprint density at radius 1 is 1.33 bits per heavy atom. The lowest BCUT2D eigenvalue weighted by molar-refractivity contribution is -0.151. The van der Waals surface area contributed by atoms with Gasteiger partial charge in [-0.05, 0) is 45.7 Å². The van der Waals surface area contributed by atoms with Gasteiger partial charge in [0.05, 0.1) is 5.41 Å². The molecule has 1 heterocycles. The molecule has 0 aliphatic rings. The van der Waals surface area contributed by atoms with Gasteiger partial charge in [0.2, 0.25) is 0 Å². The summed E-state index contributed by atoms with van der Waals surface area (Å²) in [6.07, 6.45) is 3.60. The topological polar surface area (TPSA) is 62.2 Å². The van der Waals surface area contributed by atoms with Gasteiger partial charge in [0.1, 0.15) is 0 Å². The largest absolute Gasteiger partial charge is 0.481 e. The molecule has 1 aromatic rings. The molecule has 0 spiro atoms. The molecule has 2 N–H and O–H groups in total. The summed E-state index contributed by atoms with van der Waals surface area (Å²) >= 11 is 0. The number of nitrogens with zero attached hydrogens (tertiary/aromatic N) is 1. The van der Waals surface area contributed by atoms with Crippen molar-refractivity contribution in [2.24, 2.45) is 5.41 Å². The van der Waals surface area contributed by atoms with Crippen LogP contribution in [-0.4, -0.2) is 21.6 Å². The molecule has 0 fully saturated rings. The van der Waals surface area contributed by atoms with Crippen LogP contribution in [0.3, 0.4) is 0 Å². The molecular weight excluding hydrogens is 228 g/mol. The third kappa shape index (κ3) is 3.07. The Bertz CT molecular complexity index is 439. The van der Waals surface area contributed by atoms with Crippen LogP contribution in [-0.2, 0) is 11.3 Å². The summed E-state index contributed by atoms with van der Waals surface area (Å²) < 4.78 is 0. The number of aryl methyl sites for hydroxylation is 1. The molecule has 0 atom stereocenters. The van der Waals surface area contributed by atoms with Gasteiger partial charge in [0.15, 0.2) is 0 Å². The monoisotopic (exact) mass is 250 g/mol. The number of carbonyl (C=O) groups is 1. The highest BCUT2D eigenvalue weighted by Gasteiger charge is 2.42. The van der Waals surface area contributed by atoms with Crippen molar-refractivity contribution in [3.8, 4) is 0 Å². The average molecular weight is 250 g/mol. The van der Waals surface area contributed by atoms with Gasteiger partial charge in [-0.3, -0.25) is 9.78 Å². The fraction of sp³-hybridized carbons (Fsp3) is 0.571. The molecule has 0 unspecified atom stereocenters. The van der Waals surface area contributed by atoms with E-state index in [0.29, 0.717) is 6.54 Å². The lowest BCUT2D eigenvalue weighted by Gasteiger charge is -2.39. The minimum atomic E-state index is -0.843. The number of nitrogens with one attached hydrogen (secondary N) is 1. The van der Waals surface area contributed by atoms with Crippen molar-refractivity contribution in [1.82, 2.24) is 10.3 Å². The third-order valence-electron chi connectivity index (χ3n) is 3.76. The van der Waals surface area contributed by atoms with Crippen LogP contribution in [0.15, 0.2) is 18.5 Å². The fourth-order valence-corrected chi connectivity index (χ4v) is 1.53. The first-order valence-corrected chi connectivity index (χ1v) is 6.06. The second kappa shape index (κ2) is 5.06. The number of rotatable bonds is 5. The zero-order chi connectivity index (χ0) is 14.0. The van der Waals surface area contributed by atoms with Gasteiger partial charge in [-0.1, -0.05) is 6.07 Å². The summed E-state index contributed by atoms with van der Waals surface area (Å²) in [6.45, 7) is 9.88. The Hall–Kier alpha value is -1.42. The lowest BCUT2D eigenvalue weighted by atomic mass is 9.74. The molecule has 4 heteroatoms. The Morgan fingerprint density at radius 2 is 1.94 bits per heavy atom. The van der Waals surface area contributed by atoms with Gasteiger partial charge in [0, 0.05) is 24.5 Å². The molecule has 100 valence electrons. The van der Waals surface area contributed by atoms with Gasteiger partial charge in [-0.15, -0.1) is 0 Å². The highest BCUT2D eigenvalue weighted by molar-refractivity contribution is 5.75. The molecule has 0 bridgehead atoms. The van der Waals surface area contributed by atoms with E-state index in [9.17, 15) is 9.90 Å². The Labute approximate surface area is 108 Å². The van der Waals surface area contributed by atoms with Gasteiger partial charge in [-0.2, -0.15) is 0 Å². The summed E-state index contributed by atoms with van der Waals surface area (Å²) in [6, 6.07) is 2.05. The molecule has 18 heavy (non-hydrogen) atoms. The van der Waals surface area contributed by atoms with E-state index in [1.165, 1.54) is 0 Å². The van der Waals surface area contributed by atoms with Crippen LogP contribution in [0, 0.1) is 12.3 Å². The predicted molar refractivity (Wildman–Crippen MR) is 71.3 cm³/mol. The Kier molecular flexibility index (Phi) is 4.12. The predicted octanol–water partition coefficient (Wildman–Crippen LogP) is 2.37. The molecule has 0 amide bonds. The highest BCUT2D eigenvalue weighted by Crippen LogP contribution is 2.30. The number of pyridine rings is 1. The molecule has 1 aromatic heterocycles. The molecular formula is C14H22N2O2. The van der Waals surface area contributed by atoms with Crippen LogP contribution in [0.2, 0.25) is 0 Å². The maximum Gasteiger partial charge on any atom is 0.310 e. The number of hydrogen-bond acceptors (Lipinski definition) is 3. The zero-order valence-corrected chi connectivity index (χ0v) is 11.7. The summed E-state index contributed by atoms with van der Waals surface area (Å²) in [5.41, 5.74) is 0.807. The minimum Gasteiger partial charge on any atom is -0.481 e. The van der Waals surface area contributed by atoms with Crippen LogP contribution < -0.4 is 5.32 Å². The van der Waals surface area contributed by atoms with Crippen molar-refractivity contribution >= 4 is 5.97 Å². The first-order chi connectivity index (χ1) is 8.17. The van der Waals surface area contributed by atoms with Crippen molar-refractivity contribution in [3.63, 3.8) is 0 Å². The highest BCUT2D eigenvalue weighted by atomic mass is 16.4. The average Bonchev–Trinajstić information content (AvgIpc) is 2.26. The number of aliphatic carboxylic acids is 1. The van der Waals surface area contributed by atoms with Gasteiger partial charge >= 0.3 is 5.97 Å². The SMILES string of the molecule is Cc1cncc(CNC(C)(C)C(C)(C)C(=O)O)c1. The Morgan fingerprint density at radius 3 is 2.44 bits per heavy atom. The summed E-state index contributed by atoms with van der Waals surface area (Å²) in [5.74, 6) is -0.803. The number of carboxylic acid groups (broad SMARTS) is 1. The first-order valence-electron chi connectivity index (χ1n) is 6.06. The third-order valence-corrected chi connectivity index (χ3v) is 3.76. The van der Waals surface area contributed by atoms with Crippen LogP contribution in [0.4, 0.5) is 0 Å². The quantitative estimate of drug-likeness (QED) is 0.842. The molecule has 0 aliphatic carbocycles. The standard InChI is InChI=1S/C14H22N2O2/c1-10-6-11(8-15-7-10)9-16-14(4,5)13(2,3)12(17)18/h6-8,16H,9H2,1-5H3,(H,17,18). The van der Waals surface area contributed by atoms with Crippen molar-refractivity contribution in [2.45, 2.75) is 46.7 Å². The molecule has 0 saturated heterocycles. The van der Waals surface area contributed by atoms with E-state index < -0.39 is 16.9 Å². The van der Waals surface area contributed by atoms with Crippen LogP contribution >= 0.6 is 0 Å².